The Balaban J connectivity index is 2.40. The molecule has 96 valence electrons. The molecule has 0 saturated carbocycles. The van der Waals surface area contributed by atoms with Gasteiger partial charge in [-0.1, -0.05) is 48.5 Å². The molecule has 0 spiro atoms. The van der Waals surface area contributed by atoms with Crippen LogP contribution in [0.15, 0.2) is 54.6 Å². The van der Waals surface area contributed by atoms with E-state index < -0.39 is 7.92 Å². The lowest BCUT2D eigenvalue weighted by atomic mass is 10.3. The number of benzene rings is 2. The van der Waals surface area contributed by atoms with Gasteiger partial charge in [-0.25, -0.2) is 0 Å². The third-order valence-electron chi connectivity index (χ3n) is 2.89. The summed E-state index contributed by atoms with van der Waals surface area (Å²) in [5, 5.41) is 11.4. The maximum absolute atomic E-state index is 8.86. The van der Waals surface area contributed by atoms with E-state index in [2.05, 4.69) is 24.3 Å². The van der Waals surface area contributed by atoms with Crippen molar-refractivity contribution in [1.82, 2.24) is 0 Å². The Morgan fingerprint density at radius 2 is 1.74 bits per heavy atom. The topological polar surface area (TPSA) is 33.0 Å². The van der Waals surface area contributed by atoms with Crippen molar-refractivity contribution in [1.29, 1.82) is 5.26 Å². The molecular weight excluding hydrogens is 253 g/mol. The Kier molecular flexibility index (Phi) is 4.95. The van der Waals surface area contributed by atoms with Crippen molar-refractivity contribution in [3.05, 3.63) is 54.6 Å². The third kappa shape index (κ3) is 3.34. The molecule has 3 heteroatoms. The van der Waals surface area contributed by atoms with Crippen LogP contribution in [0.5, 0.6) is 5.75 Å². The molecule has 0 aliphatic carbocycles. The van der Waals surface area contributed by atoms with E-state index in [0.717, 1.165) is 11.9 Å². The van der Waals surface area contributed by atoms with Crippen LogP contribution in [0.2, 0.25) is 0 Å². The molecule has 0 heterocycles. The van der Waals surface area contributed by atoms with Gasteiger partial charge in [-0.2, -0.15) is 5.26 Å². The molecule has 0 bridgehead atoms. The van der Waals surface area contributed by atoms with E-state index in [0.29, 0.717) is 6.42 Å². The molecule has 2 aromatic rings. The SMILES string of the molecule is COc1ccccc1P(CCC#N)c1ccccc1. The van der Waals surface area contributed by atoms with Gasteiger partial charge in [0.1, 0.15) is 5.75 Å². The van der Waals surface area contributed by atoms with Crippen molar-refractivity contribution in [3.63, 3.8) is 0 Å². The van der Waals surface area contributed by atoms with E-state index >= 15 is 0 Å². The van der Waals surface area contributed by atoms with Gasteiger partial charge >= 0.3 is 0 Å². The summed E-state index contributed by atoms with van der Waals surface area (Å²) in [6.07, 6.45) is 1.44. The van der Waals surface area contributed by atoms with E-state index in [9.17, 15) is 0 Å². The van der Waals surface area contributed by atoms with Crippen molar-refractivity contribution >= 4 is 18.5 Å². The Morgan fingerprint density at radius 1 is 1.05 bits per heavy atom. The zero-order chi connectivity index (χ0) is 13.5. The number of nitrogens with zero attached hydrogens (tertiary/aromatic N) is 1. The van der Waals surface area contributed by atoms with Crippen LogP contribution < -0.4 is 15.3 Å². The molecule has 0 aromatic heterocycles. The lowest BCUT2D eigenvalue weighted by molar-refractivity contribution is 0.418. The molecule has 0 radical (unpaired) electrons. The fourth-order valence-corrected chi connectivity index (χ4v) is 4.34. The maximum Gasteiger partial charge on any atom is 0.126 e. The van der Waals surface area contributed by atoms with Crippen molar-refractivity contribution < 1.29 is 4.74 Å². The van der Waals surface area contributed by atoms with Crippen molar-refractivity contribution in [2.45, 2.75) is 6.42 Å². The molecule has 0 fully saturated rings. The molecule has 0 N–H and O–H groups in total. The van der Waals surface area contributed by atoms with E-state index in [1.807, 2.05) is 36.4 Å². The number of methoxy groups -OCH3 is 1. The van der Waals surface area contributed by atoms with E-state index in [1.165, 1.54) is 10.6 Å². The molecule has 0 aliphatic rings. The van der Waals surface area contributed by atoms with Gasteiger partial charge in [0.05, 0.1) is 13.2 Å². The zero-order valence-electron chi connectivity index (χ0n) is 10.9. The van der Waals surface area contributed by atoms with Gasteiger partial charge in [-0.3, -0.25) is 0 Å². The van der Waals surface area contributed by atoms with Crippen molar-refractivity contribution in [3.8, 4) is 11.8 Å². The van der Waals surface area contributed by atoms with Crippen molar-refractivity contribution in [2.75, 3.05) is 13.3 Å². The quantitative estimate of drug-likeness (QED) is 0.782. The first-order valence-electron chi connectivity index (χ1n) is 6.19. The fraction of sp³-hybridized carbons (Fsp3) is 0.188. The second kappa shape index (κ2) is 6.92. The normalized spacial score (nSPS) is 11.6. The standard InChI is InChI=1S/C16H16NOP/c1-18-15-10-5-6-11-16(15)19(13-7-12-17)14-8-3-2-4-9-14/h2-6,8-11H,7,13H2,1H3. The molecule has 0 aliphatic heterocycles. The molecule has 1 atom stereocenters. The monoisotopic (exact) mass is 269 g/mol. The summed E-state index contributed by atoms with van der Waals surface area (Å²) >= 11 is 0. The summed E-state index contributed by atoms with van der Waals surface area (Å²) in [6.45, 7) is 0. The van der Waals surface area contributed by atoms with Gasteiger partial charge in [0.15, 0.2) is 0 Å². The molecule has 0 saturated heterocycles. The van der Waals surface area contributed by atoms with Gasteiger partial charge in [0.25, 0.3) is 0 Å². The first-order valence-corrected chi connectivity index (χ1v) is 7.72. The number of rotatable bonds is 5. The van der Waals surface area contributed by atoms with Crippen LogP contribution in [-0.4, -0.2) is 13.3 Å². The van der Waals surface area contributed by atoms with Crippen LogP contribution in [0.4, 0.5) is 0 Å². The largest absolute Gasteiger partial charge is 0.496 e. The summed E-state index contributed by atoms with van der Waals surface area (Å²) in [6, 6.07) is 20.7. The highest BCUT2D eigenvalue weighted by molar-refractivity contribution is 7.73. The molecule has 1 unspecified atom stereocenters. The number of nitriles is 1. The highest BCUT2D eigenvalue weighted by Crippen LogP contribution is 2.37. The van der Waals surface area contributed by atoms with Crippen LogP contribution in [0.3, 0.4) is 0 Å². The summed E-state index contributed by atoms with van der Waals surface area (Å²) in [4.78, 5) is 0. The fourth-order valence-electron chi connectivity index (χ4n) is 2.01. The predicted molar refractivity (Wildman–Crippen MR) is 80.7 cm³/mol. The average Bonchev–Trinajstić information content (AvgIpc) is 2.49. The number of hydrogen-bond donors (Lipinski definition) is 0. The van der Waals surface area contributed by atoms with Crippen LogP contribution in [0.25, 0.3) is 0 Å². The van der Waals surface area contributed by atoms with Gasteiger partial charge in [-0.05, 0) is 25.5 Å². The Bertz CT molecular complexity index is 562. The molecule has 19 heavy (non-hydrogen) atoms. The summed E-state index contributed by atoms with van der Waals surface area (Å²) < 4.78 is 5.46. The van der Waals surface area contributed by atoms with Crippen LogP contribution in [0, 0.1) is 11.3 Å². The first kappa shape index (κ1) is 13.6. The third-order valence-corrected chi connectivity index (χ3v) is 5.43. The van der Waals surface area contributed by atoms with Crippen molar-refractivity contribution in [2.24, 2.45) is 0 Å². The van der Waals surface area contributed by atoms with Gasteiger partial charge in [0, 0.05) is 11.7 Å². The molecule has 2 rings (SSSR count). The van der Waals surface area contributed by atoms with Gasteiger partial charge in [-0.15, -0.1) is 0 Å². The minimum atomic E-state index is -0.531. The summed E-state index contributed by atoms with van der Waals surface area (Å²) in [7, 11) is 1.17. The summed E-state index contributed by atoms with van der Waals surface area (Å²) in [5.74, 6) is 0.912. The number of para-hydroxylation sites is 1. The molecule has 2 nitrogen and oxygen atoms in total. The van der Waals surface area contributed by atoms with E-state index in [4.69, 9.17) is 10.00 Å². The van der Waals surface area contributed by atoms with Crippen LogP contribution >= 0.6 is 7.92 Å². The number of ether oxygens (including phenoxy) is 1. The molecule has 0 amide bonds. The smallest absolute Gasteiger partial charge is 0.126 e. The lowest BCUT2D eigenvalue weighted by Crippen LogP contribution is -2.15. The Morgan fingerprint density at radius 3 is 2.42 bits per heavy atom. The summed E-state index contributed by atoms with van der Waals surface area (Å²) in [5.41, 5.74) is 0. The van der Waals surface area contributed by atoms with Gasteiger partial charge in [0.2, 0.25) is 0 Å². The first-order chi connectivity index (χ1) is 9.36. The lowest BCUT2D eigenvalue weighted by Gasteiger charge is -2.19. The van der Waals surface area contributed by atoms with E-state index in [1.54, 1.807) is 7.11 Å². The minimum Gasteiger partial charge on any atom is -0.496 e. The zero-order valence-corrected chi connectivity index (χ0v) is 11.8. The number of hydrogen-bond acceptors (Lipinski definition) is 2. The minimum absolute atomic E-state index is 0.531. The predicted octanol–water partition coefficient (Wildman–Crippen LogP) is 3.04. The maximum atomic E-state index is 8.86. The second-order valence-electron chi connectivity index (χ2n) is 4.07. The Labute approximate surface area is 115 Å². The van der Waals surface area contributed by atoms with Gasteiger partial charge < -0.3 is 4.74 Å². The Hall–Kier alpha value is -1.84. The van der Waals surface area contributed by atoms with Crippen LogP contribution in [-0.2, 0) is 0 Å². The molecular formula is C16H16NOP. The second-order valence-corrected chi connectivity index (χ2v) is 6.37. The van der Waals surface area contributed by atoms with Crippen LogP contribution in [0.1, 0.15) is 6.42 Å². The van der Waals surface area contributed by atoms with E-state index in [-0.39, 0.29) is 0 Å². The highest BCUT2D eigenvalue weighted by Gasteiger charge is 2.16. The average molecular weight is 269 g/mol. The highest BCUT2D eigenvalue weighted by atomic mass is 31.1. The molecule has 2 aromatic carbocycles.